The number of rotatable bonds is 6. The van der Waals surface area contributed by atoms with Crippen LogP contribution < -0.4 is 5.73 Å². The third-order valence-electron chi connectivity index (χ3n) is 2.60. The van der Waals surface area contributed by atoms with Crippen LogP contribution in [0.15, 0.2) is 29.2 Å². The van der Waals surface area contributed by atoms with Gasteiger partial charge in [0, 0.05) is 12.3 Å². The first kappa shape index (κ1) is 15.1. The summed E-state index contributed by atoms with van der Waals surface area (Å²) in [5.41, 5.74) is 6.14. The first-order valence-electron chi connectivity index (χ1n) is 5.53. The second-order valence-corrected chi connectivity index (χ2v) is 8.49. The lowest BCUT2D eigenvalue weighted by atomic mass is 10.2. The number of nitrogens with two attached hydrogens (primary N) is 1. The number of benzene rings is 1. The summed E-state index contributed by atoms with van der Waals surface area (Å²) in [6, 6.07) is 6.26. The van der Waals surface area contributed by atoms with Gasteiger partial charge in [-0.05, 0) is 17.7 Å². The van der Waals surface area contributed by atoms with Crippen molar-refractivity contribution in [2.75, 3.05) is 17.3 Å². The van der Waals surface area contributed by atoms with Gasteiger partial charge in [0.2, 0.25) is 0 Å². The molecule has 0 aliphatic carbocycles. The Hall–Kier alpha value is -0.920. The van der Waals surface area contributed by atoms with Crippen molar-refractivity contribution in [3.05, 3.63) is 29.8 Å². The van der Waals surface area contributed by atoms with Crippen molar-refractivity contribution in [1.29, 1.82) is 0 Å². The third kappa shape index (κ3) is 4.08. The molecule has 1 aromatic carbocycles. The van der Waals surface area contributed by atoms with Gasteiger partial charge < -0.3 is 5.73 Å². The Morgan fingerprint density at radius 1 is 1.11 bits per heavy atom. The van der Waals surface area contributed by atoms with Crippen LogP contribution in [0, 0.1) is 0 Å². The standard InChI is InChI=1S/C11H17NO4S2/c1-2-17(13,14)6-7-18(15,16)11-5-3-4-10(8-11)9-12/h3-5,8H,2,6-7,9,12H2,1H3. The number of hydrogen-bond acceptors (Lipinski definition) is 5. The Balaban J connectivity index is 2.93. The molecule has 0 fully saturated rings. The van der Waals surface area contributed by atoms with Crippen LogP contribution in [0.2, 0.25) is 0 Å². The molecular formula is C11H17NO4S2. The Kier molecular flexibility index (Phi) is 4.89. The topological polar surface area (TPSA) is 94.3 Å². The fourth-order valence-corrected chi connectivity index (χ4v) is 4.40. The minimum Gasteiger partial charge on any atom is -0.326 e. The molecule has 1 rings (SSSR count). The summed E-state index contributed by atoms with van der Waals surface area (Å²) in [7, 11) is -6.85. The Labute approximate surface area is 108 Å². The molecule has 18 heavy (non-hydrogen) atoms. The van der Waals surface area contributed by atoms with Gasteiger partial charge in [0.05, 0.1) is 16.4 Å². The molecule has 0 saturated heterocycles. The first-order valence-corrected chi connectivity index (χ1v) is 9.00. The van der Waals surface area contributed by atoms with Gasteiger partial charge in [-0.2, -0.15) is 0 Å². The highest BCUT2D eigenvalue weighted by Crippen LogP contribution is 2.13. The summed E-state index contributed by atoms with van der Waals surface area (Å²) >= 11 is 0. The molecule has 102 valence electrons. The molecule has 0 amide bonds. The normalized spacial score (nSPS) is 12.6. The highest BCUT2D eigenvalue weighted by molar-refractivity contribution is 7.95. The Morgan fingerprint density at radius 2 is 1.78 bits per heavy atom. The lowest BCUT2D eigenvalue weighted by molar-refractivity contribution is 0.588. The van der Waals surface area contributed by atoms with Crippen LogP contribution in [0.25, 0.3) is 0 Å². The van der Waals surface area contributed by atoms with Crippen molar-refractivity contribution in [2.45, 2.75) is 18.4 Å². The van der Waals surface area contributed by atoms with Crippen LogP contribution in [0.4, 0.5) is 0 Å². The molecule has 0 aromatic heterocycles. The molecule has 0 aliphatic rings. The van der Waals surface area contributed by atoms with Crippen LogP contribution >= 0.6 is 0 Å². The molecule has 0 spiro atoms. The quantitative estimate of drug-likeness (QED) is 0.816. The van der Waals surface area contributed by atoms with E-state index in [9.17, 15) is 16.8 Å². The van der Waals surface area contributed by atoms with E-state index in [4.69, 9.17) is 5.73 Å². The van der Waals surface area contributed by atoms with Gasteiger partial charge in [-0.1, -0.05) is 19.1 Å². The molecule has 0 bridgehead atoms. The highest BCUT2D eigenvalue weighted by Gasteiger charge is 2.18. The number of hydrogen-bond donors (Lipinski definition) is 1. The van der Waals surface area contributed by atoms with Crippen LogP contribution in [0.5, 0.6) is 0 Å². The predicted molar refractivity (Wildman–Crippen MR) is 70.7 cm³/mol. The van der Waals surface area contributed by atoms with Crippen molar-refractivity contribution < 1.29 is 16.8 Å². The predicted octanol–water partition coefficient (Wildman–Crippen LogP) is 0.354. The van der Waals surface area contributed by atoms with Gasteiger partial charge in [-0.3, -0.25) is 0 Å². The van der Waals surface area contributed by atoms with Crippen molar-refractivity contribution in [3.63, 3.8) is 0 Å². The average molecular weight is 291 g/mol. The SMILES string of the molecule is CCS(=O)(=O)CCS(=O)(=O)c1cccc(CN)c1. The summed E-state index contributed by atoms with van der Waals surface area (Å²) in [6.07, 6.45) is 0. The van der Waals surface area contributed by atoms with E-state index in [2.05, 4.69) is 0 Å². The van der Waals surface area contributed by atoms with Crippen LogP contribution in [-0.2, 0) is 26.2 Å². The second-order valence-electron chi connectivity index (χ2n) is 3.91. The monoisotopic (exact) mass is 291 g/mol. The molecule has 0 heterocycles. The van der Waals surface area contributed by atoms with E-state index in [0.717, 1.165) is 0 Å². The van der Waals surface area contributed by atoms with E-state index in [-0.39, 0.29) is 22.9 Å². The summed E-state index contributed by atoms with van der Waals surface area (Å²) < 4.78 is 46.5. The van der Waals surface area contributed by atoms with Crippen molar-refractivity contribution in [1.82, 2.24) is 0 Å². The van der Waals surface area contributed by atoms with Crippen LogP contribution in [0.1, 0.15) is 12.5 Å². The average Bonchev–Trinajstić information content (AvgIpc) is 2.37. The minimum absolute atomic E-state index is 0.0502. The summed E-state index contributed by atoms with van der Waals surface area (Å²) in [5, 5.41) is 0. The van der Waals surface area contributed by atoms with Gasteiger partial charge in [0.1, 0.15) is 0 Å². The maximum atomic E-state index is 12.0. The maximum Gasteiger partial charge on any atom is 0.179 e. The molecule has 0 radical (unpaired) electrons. The molecule has 0 saturated carbocycles. The van der Waals surface area contributed by atoms with E-state index >= 15 is 0 Å². The van der Waals surface area contributed by atoms with Gasteiger partial charge in [0.15, 0.2) is 19.7 Å². The maximum absolute atomic E-state index is 12.0. The molecule has 2 N–H and O–H groups in total. The summed E-state index contributed by atoms with van der Waals surface area (Å²) in [5.74, 6) is -0.790. The van der Waals surface area contributed by atoms with Crippen molar-refractivity contribution in [3.8, 4) is 0 Å². The Bertz CT molecular complexity index is 606. The Morgan fingerprint density at radius 3 is 2.33 bits per heavy atom. The zero-order valence-corrected chi connectivity index (χ0v) is 11.8. The van der Waals surface area contributed by atoms with Crippen LogP contribution in [0.3, 0.4) is 0 Å². The van der Waals surface area contributed by atoms with Crippen LogP contribution in [-0.4, -0.2) is 34.1 Å². The van der Waals surface area contributed by atoms with E-state index in [0.29, 0.717) is 5.56 Å². The fraction of sp³-hybridized carbons (Fsp3) is 0.455. The molecule has 5 nitrogen and oxygen atoms in total. The van der Waals surface area contributed by atoms with E-state index < -0.39 is 25.4 Å². The molecule has 1 aromatic rings. The van der Waals surface area contributed by atoms with E-state index in [1.807, 2.05) is 0 Å². The first-order chi connectivity index (χ1) is 8.30. The molecular weight excluding hydrogens is 274 g/mol. The third-order valence-corrected chi connectivity index (χ3v) is 6.27. The molecule has 0 atom stereocenters. The highest BCUT2D eigenvalue weighted by atomic mass is 32.2. The van der Waals surface area contributed by atoms with Gasteiger partial charge >= 0.3 is 0 Å². The molecule has 7 heteroatoms. The van der Waals surface area contributed by atoms with Crippen molar-refractivity contribution >= 4 is 19.7 Å². The second kappa shape index (κ2) is 5.81. The van der Waals surface area contributed by atoms with Crippen molar-refractivity contribution in [2.24, 2.45) is 5.73 Å². The lowest BCUT2D eigenvalue weighted by Crippen LogP contribution is -2.18. The molecule has 0 aliphatic heterocycles. The van der Waals surface area contributed by atoms with E-state index in [1.165, 1.54) is 19.1 Å². The summed E-state index contributed by atoms with van der Waals surface area (Å²) in [6.45, 7) is 1.74. The van der Waals surface area contributed by atoms with Gasteiger partial charge in [-0.15, -0.1) is 0 Å². The zero-order valence-electron chi connectivity index (χ0n) is 10.2. The smallest absolute Gasteiger partial charge is 0.179 e. The van der Waals surface area contributed by atoms with Gasteiger partial charge in [-0.25, -0.2) is 16.8 Å². The van der Waals surface area contributed by atoms with Gasteiger partial charge in [0.25, 0.3) is 0 Å². The molecule has 0 unspecified atom stereocenters. The zero-order chi connectivity index (χ0) is 13.8. The largest absolute Gasteiger partial charge is 0.326 e. The minimum atomic E-state index is -3.57. The van der Waals surface area contributed by atoms with E-state index in [1.54, 1.807) is 12.1 Å². The lowest BCUT2D eigenvalue weighted by Gasteiger charge is -2.06. The summed E-state index contributed by atoms with van der Waals surface area (Å²) in [4.78, 5) is 0.122. The fourth-order valence-electron chi connectivity index (χ4n) is 1.36. The number of sulfone groups is 2.